The van der Waals surface area contributed by atoms with Gasteiger partial charge in [0.05, 0.1) is 31.1 Å². The molecule has 56 heavy (non-hydrogen) atoms. The van der Waals surface area contributed by atoms with E-state index in [9.17, 15) is 18.0 Å². The Labute approximate surface area is 351 Å². The summed E-state index contributed by atoms with van der Waals surface area (Å²) < 4.78 is 46.1. The number of piperazine rings is 1. The summed E-state index contributed by atoms with van der Waals surface area (Å²) in [6, 6.07) is 10.0. The molecular formula is C41H57ClIN5O7S. The lowest BCUT2D eigenvalue weighted by molar-refractivity contribution is -0.122. The van der Waals surface area contributed by atoms with Gasteiger partial charge in [-0.3, -0.25) is 14.5 Å². The molecule has 308 valence electrons. The van der Waals surface area contributed by atoms with Crippen molar-refractivity contribution in [1.29, 1.82) is 0 Å². The van der Waals surface area contributed by atoms with Crippen molar-refractivity contribution in [2.45, 2.75) is 68.6 Å². The number of nitrogens with one attached hydrogen (secondary N) is 2. The number of fused-ring (bicyclic) bond motifs is 4. The molecule has 2 aromatic rings. The SMILES string of the molecule is C1CN(C2COC2)CCN1.CI.COCC[C@@H]1[C@@H](C)C/C=C/C(=O)[C@@H]2CC[C@H]2CN2C[C@@]3(CCCc4cc(Cl)ccc43)COc3ccc(nc32)C(=O)NS1(=O)=O. The number of carbonyl (C=O) groups is 2. The number of hydrogen-bond donors (Lipinski definition) is 2. The molecule has 2 N–H and O–H groups in total. The van der Waals surface area contributed by atoms with Gasteiger partial charge in [-0.25, -0.2) is 18.1 Å². The van der Waals surface area contributed by atoms with Crippen molar-refractivity contribution >= 4 is 61.7 Å². The first-order valence-corrected chi connectivity index (χ1v) is 24.0. The maximum absolute atomic E-state index is 13.5. The molecule has 5 heterocycles. The van der Waals surface area contributed by atoms with Crippen LogP contribution >= 0.6 is 34.2 Å². The second kappa shape index (κ2) is 19.6. The van der Waals surface area contributed by atoms with Crippen molar-refractivity contribution in [2.75, 3.05) is 82.6 Å². The summed E-state index contributed by atoms with van der Waals surface area (Å²) in [6.07, 6.45) is 8.57. The average Bonchev–Trinajstić information content (AvgIpc) is 3.30. The van der Waals surface area contributed by atoms with E-state index >= 15 is 0 Å². The quantitative estimate of drug-likeness (QED) is 0.309. The number of aromatic nitrogens is 1. The molecular weight excluding hydrogens is 869 g/mol. The second-order valence-corrected chi connectivity index (χ2v) is 18.2. The Morgan fingerprint density at radius 2 is 1.89 bits per heavy atom. The number of halogens is 2. The summed E-state index contributed by atoms with van der Waals surface area (Å²) >= 11 is 8.53. The third-order valence-electron chi connectivity index (χ3n) is 12.3. The maximum atomic E-state index is 13.5. The van der Waals surface area contributed by atoms with Crippen LogP contribution in [-0.4, -0.2) is 119 Å². The van der Waals surface area contributed by atoms with Crippen molar-refractivity contribution in [3.63, 3.8) is 0 Å². The lowest BCUT2D eigenvalue weighted by Crippen LogP contribution is -2.55. The highest BCUT2D eigenvalue weighted by Gasteiger charge is 2.45. The number of methoxy groups -OCH3 is 1. The largest absolute Gasteiger partial charge is 0.489 e. The maximum Gasteiger partial charge on any atom is 0.283 e. The Morgan fingerprint density at radius 1 is 1.11 bits per heavy atom. The normalized spacial score (nSPS) is 29.6. The van der Waals surface area contributed by atoms with Gasteiger partial charge in [0.2, 0.25) is 10.0 Å². The van der Waals surface area contributed by atoms with E-state index in [0.717, 1.165) is 64.4 Å². The topological polar surface area (TPSA) is 139 Å². The summed E-state index contributed by atoms with van der Waals surface area (Å²) in [4.78, 5) is 38.2. The molecule has 1 spiro atoms. The van der Waals surface area contributed by atoms with Gasteiger partial charge < -0.3 is 24.4 Å². The molecule has 2 aliphatic carbocycles. The van der Waals surface area contributed by atoms with Crippen LogP contribution in [0, 0.1) is 17.8 Å². The molecule has 5 atom stereocenters. The predicted molar refractivity (Wildman–Crippen MR) is 228 cm³/mol. The van der Waals surface area contributed by atoms with Gasteiger partial charge in [-0.05, 0) is 103 Å². The van der Waals surface area contributed by atoms with Crippen molar-refractivity contribution in [3.8, 4) is 5.75 Å². The molecule has 15 heteroatoms. The molecule has 2 saturated heterocycles. The Kier molecular flexibility index (Phi) is 15.1. The van der Waals surface area contributed by atoms with Gasteiger partial charge in [-0.1, -0.05) is 53.3 Å². The van der Waals surface area contributed by atoms with E-state index in [1.54, 1.807) is 18.2 Å². The molecule has 4 aliphatic heterocycles. The van der Waals surface area contributed by atoms with Crippen LogP contribution in [-0.2, 0) is 36.1 Å². The first-order chi connectivity index (χ1) is 27.1. The van der Waals surface area contributed by atoms with Crippen LogP contribution in [0.2, 0.25) is 5.02 Å². The van der Waals surface area contributed by atoms with Crippen LogP contribution in [0.15, 0.2) is 42.5 Å². The van der Waals surface area contributed by atoms with Gasteiger partial charge in [0.1, 0.15) is 5.69 Å². The number of hydrogen-bond acceptors (Lipinski definition) is 11. The Morgan fingerprint density at radius 3 is 2.59 bits per heavy atom. The molecule has 3 fully saturated rings. The minimum atomic E-state index is -4.09. The van der Waals surface area contributed by atoms with Crippen molar-refractivity contribution in [3.05, 3.63) is 64.3 Å². The number of carbonyl (C=O) groups excluding carboxylic acids is 2. The zero-order chi connectivity index (χ0) is 39.9. The fraction of sp³-hybridized carbons (Fsp3) is 0.634. The van der Waals surface area contributed by atoms with Crippen molar-refractivity contribution < 1.29 is 32.2 Å². The predicted octanol–water partition coefficient (Wildman–Crippen LogP) is 5.21. The monoisotopic (exact) mass is 925 g/mol. The second-order valence-electron chi connectivity index (χ2n) is 15.9. The molecule has 0 radical (unpaired) electrons. The minimum Gasteiger partial charge on any atom is -0.489 e. The molecule has 1 aromatic heterocycles. The number of ether oxygens (including phenoxy) is 3. The molecule has 12 nitrogen and oxygen atoms in total. The van der Waals surface area contributed by atoms with E-state index in [4.69, 9.17) is 30.8 Å². The summed E-state index contributed by atoms with van der Waals surface area (Å²) in [7, 11) is -2.58. The number of amides is 1. The Bertz CT molecular complexity index is 1820. The fourth-order valence-corrected chi connectivity index (χ4v) is 10.8. The fourth-order valence-electron chi connectivity index (χ4n) is 8.94. The number of anilines is 1. The number of sulfonamides is 1. The third kappa shape index (κ3) is 9.91. The van der Waals surface area contributed by atoms with E-state index in [1.165, 1.54) is 37.4 Å². The number of ketones is 1. The number of allylic oxidation sites excluding steroid dienone is 2. The van der Waals surface area contributed by atoms with Crippen LogP contribution in [0.25, 0.3) is 0 Å². The lowest BCUT2D eigenvalue weighted by atomic mass is 9.69. The van der Waals surface area contributed by atoms with E-state index in [2.05, 4.69) is 48.5 Å². The van der Waals surface area contributed by atoms with Crippen molar-refractivity contribution in [2.24, 2.45) is 17.8 Å². The van der Waals surface area contributed by atoms with E-state index in [0.29, 0.717) is 42.7 Å². The summed E-state index contributed by atoms with van der Waals surface area (Å²) in [5.74, 6) is -0.00478. The first kappa shape index (κ1) is 43.2. The summed E-state index contributed by atoms with van der Waals surface area (Å²) in [6.45, 7) is 10.3. The van der Waals surface area contributed by atoms with Crippen molar-refractivity contribution in [1.82, 2.24) is 19.9 Å². The molecule has 2 bridgehead atoms. The van der Waals surface area contributed by atoms with Gasteiger partial charge in [0, 0.05) is 69.3 Å². The van der Waals surface area contributed by atoms with Gasteiger partial charge >= 0.3 is 0 Å². The van der Waals surface area contributed by atoms with Crippen LogP contribution in [0.1, 0.15) is 67.1 Å². The van der Waals surface area contributed by atoms with Crippen LogP contribution in [0.3, 0.4) is 0 Å². The number of rotatable bonds is 4. The van der Waals surface area contributed by atoms with Gasteiger partial charge in [-0.2, -0.15) is 0 Å². The highest BCUT2D eigenvalue weighted by Crippen LogP contribution is 2.45. The third-order valence-corrected chi connectivity index (χ3v) is 14.5. The number of benzene rings is 1. The van der Waals surface area contributed by atoms with Gasteiger partial charge in [0.25, 0.3) is 5.91 Å². The Hall–Kier alpha value is -2.34. The van der Waals surface area contributed by atoms with Crippen LogP contribution in [0.4, 0.5) is 5.82 Å². The smallest absolute Gasteiger partial charge is 0.283 e. The molecule has 1 amide bonds. The summed E-state index contributed by atoms with van der Waals surface area (Å²) in [5, 5.41) is 3.15. The molecule has 1 aromatic carbocycles. The highest BCUT2D eigenvalue weighted by molar-refractivity contribution is 14.1. The first-order valence-electron chi connectivity index (χ1n) is 19.9. The van der Waals surface area contributed by atoms with E-state index in [1.807, 2.05) is 24.0 Å². The van der Waals surface area contributed by atoms with Crippen LogP contribution < -0.4 is 19.7 Å². The zero-order valence-corrected chi connectivity index (χ0v) is 36.5. The molecule has 0 unspecified atom stereocenters. The Balaban J connectivity index is 0.000000378. The number of nitrogens with zero attached hydrogens (tertiary/aromatic N) is 3. The molecule has 6 aliphatic rings. The minimum absolute atomic E-state index is 0.000860. The lowest BCUT2D eigenvalue weighted by Gasteiger charge is -2.43. The van der Waals surface area contributed by atoms with Gasteiger partial charge in [0.15, 0.2) is 17.4 Å². The van der Waals surface area contributed by atoms with E-state index < -0.39 is 21.2 Å². The zero-order valence-electron chi connectivity index (χ0n) is 32.8. The van der Waals surface area contributed by atoms with E-state index in [-0.39, 0.29) is 47.7 Å². The number of alkyl halides is 1. The van der Waals surface area contributed by atoms with Gasteiger partial charge in [-0.15, -0.1) is 0 Å². The average molecular weight is 926 g/mol. The highest BCUT2D eigenvalue weighted by atomic mass is 127. The number of pyridine rings is 1. The molecule has 8 rings (SSSR count). The molecule has 1 saturated carbocycles. The number of aryl methyl sites for hydroxylation is 1. The van der Waals surface area contributed by atoms with Crippen LogP contribution in [0.5, 0.6) is 5.75 Å². The standard InChI is InChI=1S/C33H40ClN3O6S.C7H14N2O.CH3I/c1-21-5-3-7-28(38)25-10-8-23(25)18-37-19-33(15-4-6-22-17-24(34)9-11-26(22)33)20-43-29-13-12-27(35-31(29)37)32(39)36-44(40,41)30(21)14-16-42-2;1-3-9(4-2-8-1)7-5-10-6-7;1-2/h3,7,9,11-13,17,21,23,25,30H,4-6,8,10,14-16,18-20H2,1-2H3,(H,36,39);7-8H,1-6H2;1H3/b7-3+;;/t21-,23-,25+,30+,33-;;/m0../s1. The summed E-state index contributed by atoms with van der Waals surface area (Å²) in [5.41, 5.74) is 2.08.